The summed E-state index contributed by atoms with van der Waals surface area (Å²) in [4.78, 5) is 14.0. The predicted octanol–water partition coefficient (Wildman–Crippen LogP) is 4.36. The number of halogens is 4. The Hall–Kier alpha value is -2.08. The molecule has 0 aliphatic carbocycles. The van der Waals surface area contributed by atoms with Crippen LogP contribution in [0.4, 0.5) is 13.2 Å². The first-order chi connectivity index (χ1) is 9.40. The molecule has 0 unspecified atom stereocenters. The molecule has 0 saturated carbocycles. The summed E-state index contributed by atoms with van der Waals surface area (Å²) in [5.41, 5.74) is -0.505. The molecule has 0 N–H and O–H groups in total. The van der Waals surface area contributed by atoms with Crippen LogP contribution in [0.5, 0.6) is 11.6 Å². The molecule has 20 heavy (non-hydrogen) atoms. The van der Waals surface area contributed by atoms with Crippen molar-refractivity contribution in [2.75, 3.05) is 0 Å². The fourth-order valence-corrected chi connectivity index (χ4v) is 1.59. The van der Waals surface area contributed by atoms with E-state index in [1.165, 1.54) is 24.3 Å². The van der Waals surface area contributed by atoms with Gasteiger partial charge < -0.3 is 4.74 Å². The van der Waals surface area contributed by atoms with Crippen LogP contribution in [0.3, 0.4) is 0 Å². The van der Waals surface area contributed by atoms with Crippen molar-refractivity contribution in [1.82, 2.24) is 4.98 Å². The highest BCUT2D eigenvalue weighted by Crippen LogP contribution is 2.34. The second-order valence-corrected chi connectivity index (χ2v) is 4.20. The molecule has 0 saturated heterocycles. The Morgan fingerprint density at radius 1 is 1.20 bits per heavy atom. The number of nitrogens with zero attached hydrogens (tertiary/aromatic N) is 1. The summed E-state index contributed by atoms with van der Waals surface area (Å²) in [5.74, 6) is 0.170. The van der Waals surface area contributed by atoms with E-state index in [4.69, 9.17) is 16.3 Å². The number of pyridine rings is 1. The summed E-state index contributed by atoms with van der Waals surface area (Å²) in [5, 5.41) is -0.251. The van der Waals surface area contributed by atoms with E-state index in [1.807, 2.05) is 0 Å². The van der Waals surface area contributed by atoms with Gasteiger partial charge in [-0.15, -0.1) is 0 Å². The predicted molar refractivity (Wildman–Crippen MR) is 66.2 cm³/mol. The SMILES string of the molecule is O=Cc1ccc(Oc2ncc(C(F)(F)F)cc2Cl)cc1. The first kappa shape index (κ1) is 14.3. The molecule has 104 valence electrons. The van der Waals surface area contributed by atoms with Crippen molar-refractivity contribution in [2.45, 2.75) is 6.18 Å². The monoisotopic (exact) mass is 301 g/mol. The quantitative estimate of drug-likeness (QED) is 0.791. The van der Waals surface area contributed by atoms with E-state index in [0.717, 1.165) is 6.07 Å². The second kappa shape index (κ2) is 5.50. The zero-order valence-corrected chi connectivity index (χ0v) is 10.6. The van der Waals surface area contributed by atoms with Crippen LogP contribution < -0.4 is 4.74 Å². The fraction of sp³-hybridized carbons (Fsp3) is 0.0769. The van der Waals surface area contributed by atoms with Gasteiger partial charge in [-0.05, 0) is 30.3 Å². The van der Waals surface area contributed by atoms with Gasteiger partial charge >= 0.3 is 6.18 Å². The van der Waals surface area contributed by atoms with Crippen molar-refractivity contribution in [3.63, 3.8) is 0 Å². The van der Waals surface area contributed by atoms with Crippen molar-refractivity contribution < 1.29 is 22.7 Å². The maximum atomic E-state index is 12.4. The molecule has 3 nitrogen and oxygen atoms in total. The normalized spacial score (nSPS) is 11.2. The van der Waals surface area contributed by atoms with Gasteiger partial charge in [-0.2, -0.15) is 13.2 Å². The highest BCUT2D eigenvalue weighted by molar-refractivity contribution is 6.31. The van der Waals surface area contributed by atoms with Gasteiger partial charge in [0.2, 0.25) is 5.88 Å². The molecule has 1 aromatic carbocycles. The summed E-state index contributed by atoms with van der Waals surface area (Å²) in [6.07, 6.45) is -3.21. The Kier molecular flexibility index (Phi) is 3.94. The van der Waals surface area contributed by atoms with Crippen molar-refractivity contribution >= 4 is 17.9 Å². The summed E-state index contributed by atoms with van der Waals surface area (Å²) in [7, 11) is 0. The minimum absolute atomic E-state index is 0.140. The van der Waals surface area contributed by atoms with E-state index >= 15 is 0 Å². The van der Waals surface area contributed by atoms with Crippen LogP contribution in [0, 0.1) is 0 Å². The van der Waals surface area contributed by atoms with Crippen molar-refractivity contribution in [2.24, 2.45) is 0 Å². The lowest BCUT2D eigenvalue weighted by atomic mass is 10.2. The first-order valence-corrected chi connectivity index (χ1v) is 5.74. The lowest BCUT2D eigenvalue weighted by molar-refractivity contribution is -0.137. The lowest BCUT2D eigenvalue weighted by Gasteiger charge is -2.10. The second-order valence-electron chi connectivity index (χ2n) is 3.80. The summed E-state index contributed by atoms with van der Waals surface area (Å²) >= 11 is 5.70. The van der Waals surface area contributed by atoms with E-state index in [9.17, 15) is 18.0 Å². The molecule has 1 aromatic heterocycles. The Morgan fingerprint density at radius 3 is 2.35 bits per heavy atom. The smallest absolute Gasteiger partial charge is 0.417 e. The number of carbonyl (C=O) groups excluding carboxylic acids is 1. The third-order valence-corrected chi connectivity index (χ3v) is 2.64. The molecular weight excluding hydrogens is 295 g/mol. The summed E-state index contributed by atoms with van der Waals surface area (Å²) in [6.45, 7) is 0. The van der Waals surface area contributed by atoms with E-state index in [2.05, 4.69) is 4.98 Å². The van der Waals surface area contributed by atoms with Crippen LogP contribution in [-0.2, 0) is 6.18 Å². The first-order valence-electron chi connectivity index (χ1n) is 5.36. The largest absolute Gasteiger partial charge is 0.438 e. The zero-order valence-electron chi connectivity index (χ0n) is 9.82. The van der Waals surface area contributed by atoms with Gasteiger partial charge in [-0.1, -0.05) is 11.6 Å². The number of aromatic nitrogens is 1. The number of hydrogen-bond donors (Lipinski definition) is 0. The Balaban J connectivity index is 2.23. The number of ether oxygens (including phenoxy) is 1. The molecule has 0 amide bonds. The van der Waals surface area contributed by atoms with Crippen molar-refractivity contribution in [1.29, 1.82) is 0 Å². The standard InChI is InChI=1S/C13H7ClF3NO2/c14-11-5-9(13(15,16)17)6-18-12(11)20-10-3-1-8(7-19)2-4-10/h1-7H. The van der Waals surface area contributed by atoms with E-state index in [0.29, 0.717) is 23.8 Å². The van der Waals surface area contributed by atoms with E-state index in [1.54, 1.807) is 0 Å². The molecule has 2 aromatic rings. The van der Waals surface area contributed by atoms with Gasteiger partial charge in [0, 0.05) is 11.8 Å². The molecule has 0 aliphatic heterocycles. The van der Waals surface area contributed by atoms with Crippen molar-refractivity contribution in [3.05, 3.63) is 52.7 Å². The van der Waals surface area contributed by atoms with Gasteiger partial charge in [0.1, 0.15) is 17.1 Å². The highest BCUT2D eigenvalue weighted by atomic mass is 35.5. The Bertz CT molecular complexity index is 627. The van der Waals surface area contributed by atoms with E-state index < -0.39 is 11.7 Å². The molecule has 0 radical (unpaired) electrons. The zero-order chi connectivity index (χ0) is 14.8. The van der Waals surface area contributed by atoms with Crippen LogP contribution in [-0.4, -0.2) is 11.3 Å². The summed E-state index contributed by atoms with van der Waals surface area (Å²) in [6, 6.07) is 6.71. The Labute approximate surface area is 117 Å². The average Bonchev–Trinajstić information content (AvgIpc) is 2.41. The topological polar surface area (TPSA) is 39.2 Å². The number of rotatable bonds is 3. The lowest BCUT2D eigenvalue weighted by Crippen LogP contribution is -2.05. The minimum Gasteiger partial charge on any atom is -0.438 e. The van der Waals surface area contributed by atoms with Crippen LogP contribution in [0.1, 0.15) is 15.9 Å². The molecule has 1 heterocycles. The molecule has 0 bridgehead atoms. The van der Waals surface area contributed by atoms with Gasteiger partial charge in [-0.3, -0.25) is 4.79 Å². The van der Waals surface area contributed by atoms with Gasteiger partial charge in [0.15, 0.2) is 0 Å². The molecule has 0 fully saturated rings. The maximum absolute atomic E-state index is 12.4. The highest BCUT2D eigenvalue weighted by Gasteiger charge is 2.31. The number of aldehydes is 1. The van der Waals surface area contributed by atoms with Crippen LogP contribution in [0.25, 0.3) is 0 Å². The molecule has 0 aliphatic rings. The van der Waals surface area contributed by atoms with Gasteiger partial charge in [-0.25, -0.2) is 4.98 Å². The van der Waals surface area contributed by atoms with E-state index in [-0.39, 0.29) is 10.9 Å². The van der Waals surface area contributed by atoms with Crippen molar-refractivity contribution in [3.8, 4) is 11.6 Å². The fourth-order valence-electron chi connectivity index (χ4n) is 1.38. The van der Waals surface area contributed by atoms with Gasteiger partial charge in [0.05, 0.1) is 5.56 Å². The molecule has 7 heteroatoms. The minimum atomic E-state index is -4.51. The Morgan fingerprint density at radius 2 is 1.85 bits per heavy atom. The molecule has 2 rings (SSSR count). The van der Waals surface area contributed by atoms with Gasteiger partial charge in [0.25, 0.3) is 0 Å². The van der Waals surface area contributed by atoms with Crippen LogP contribution >= 0.6 is 11.6 Å². The molecular formula is C13H7ClF3NO2. The number of carbonyl (C=O) groups is 1. The maximum Gasteiger partial charge on any atom is 0.417 e. The number of hydrogen-bond acceptors (Lipinski definition) is 3. The third kappa shape index (κ3) is 3.27. The van der Waals surface area contributed by atoms with Crippen LogP contribution in [0.15, 0.2) is 36.5 Å². The third-order valence-electron chi connectivity index (χ3n) is 2.37. The number of alkyl halides is 3. The average molecular weight is 302 g/mol. The summed E-state index contributed by atoms with van der Waals surface area (Å²) < 4.78 is 42.6. The molecule has 0 atom stereocenters. The van der Waals surface area contributed by atoms with Crippen LogP contribution in [0.2, 0.25) is 5.02 Å². The number of benzene rings is 1. The molecule has 0 spiro atoms.